The van der Waals surface area contributed by atoms with Gasteiger partial charge in [-0.15, -0.1) is 0 Å². The number of amides is 1. The maximum absolute atomic E-state index is 13.7. The monoisotopic (exact) mass is 522 g/mol. The topological polar surface area (TPSA) is 99.2 Å². The van der Waals surface area contributed by atoms with Crippen LogP contribution in [0.3, 0.4) is 0 Å². The second kappa shape index (κ2) is 9.05. The molecule has 5 aromatic rings. The molecule has 1 atom stereocenters. The second-order valence-electron chi connectivity index (χ2n) is 9.26. The highest BCUT2D eigenvalue weighted by atomic mass is 35.5. The van der Waals surface area contributed by atoms with Crippen molar-refractivity contribution in [1.82, 2.24) is 24.6 Å². The molecule has 1 amide bonds. The predicted octanol–water partition coefficient (Wildman–Crippen LogP) is 4.67. The summed E-state index contributed by atoms with van der Waals surface area (Å²) in [5.74, 6) is 7.21. The quantitative estimate of drug-likeness (QED) is 0.338. The van der Waals surface area contributed by atoms with Gasteiger partial charge < -0.3 is 15.4 Å². The molecule has 38 heavy (non-hydrogen) atoms. The summed E-state index contributed by atoms with van der Waals surface area (Å²) in [6, 6.07) is 12.8. The number of nitrogen functional groups attached to an aromatic ring is 1. The standard InChI is InChI=1S/C29H23ClN6O2/c1-16-18(5-4-10-32-16)8-6-17-7-9-19-25(15-38-26(19)11-17)35(2)29(37)20-12-21-24(13-23(20)30)34-28(31)22-14-33-36(3)27(21)22/h4-5,7,9-14,25H,15H2,1-3H3,(H2,31,34)/t25-/m1/s1. The summed E-state index contributed by atoms with van der Waals surface area (Å²) in [5.41, 5.74) is 11.4. The number of aromatic nitrogens is 4. The van der Waals surface area contributed by atoms with Crippen LogP contribution in [0.1, 0.15) is 38.8 Å². The Hall–Kier alpha value is -4.61. The molecule has 0 fully saturated rings. The van der Waals surface area contributed by atoms with Gasteiger partial charge in [-0.2, -0.15) is 5.10 Å². The zero-order valence-electron chi connectivity index (χ0n) is 21.0. The number of benzene rings is 2. The molecule has 0 unspecified atom stereocenters. The number of likely N-dealkylation sites (N-methyl/N-ethyl adjacent to an activating group) is 1. The van der Waals surface area contributed by atoms with Crippen LogP contribution in [0.25, 0.3) is 21.8 Å². The molecule has 2 aromatic carbocycles. The van der Waals surface area contributed by atoms with E-state index < -0.39 is 0 Å². The Morgan fingerprint density at radius 3 is 2.87 bits per heavy atom. The molecule has 3 aromatic heterocycles. The minimum Gasteiger partial charge on any atom is -0.491 e. The van der Waals surface area contributed by atoms with Crippen molar-refractivity contribution in [2.45, 2.75) is 13.0 Å². The Kier molecular flexibility index (Phi) is 5.66. The molecule has 0 radical (unpaired) electrons. The molecule has 2 N–H and O–H groups in total. The molecule has 9 heteroatoms. The molecule has 1 aliphatic rings. The van der Waals surface area contributed by atoms with Gasteiger partial charge in [0.1, 0.15) is 18.2 Å². The SMILES string of the molecule is Cc1ncccc1C#Cc1ccc2c(c1)OC[C@H]2N(C)C(=O)c1cc2c(cc1Cl)nc(N)c1cnn(C)c12. The number of halogens is 1. The minimum absolute atomic E-state index is 0.221. The second-order valence-corrected chi connectivity index (χ2v) is 9.67. The fourth-order valence-corrected chi connectivity index (χ4v) is 5.06. The van der Waals surface area contributed by atoms with Gasteiger partial charge in [0, 0.05) is 42.4 Å². The van der Waals surface area contributed by atoms with Crippen molar-refractivity contribution in [2.24, 2.45) is 7.05 Å². The zero-order chi connectivity index (χ0) is 26.6. The fourth-order valence-electron chi connectivity index (χ4n) is 4.82. The highest BCUT2D eigenvalue weighted by molar-refractivity contribution is 6.35. The van der Waals surface area contributed by atoms with Crippen LogP contribution in [-0.2, 0) is 7.05 Å². The Labute approximate surface area is 224 Å². The lowest BCUT2D eigenvalue weighted by atomic mass is 10.0. The molecule has 0 bridgehead atoms. The Morgan fingerprint density at radius 2 is 2.05 bits per heavy atom. The number of hydrogen-bond acceptors (Lipinski definition) is 6. The van der Waals surface area contributed by atoms with Crippen molar-refractivity contribution in [3.05, 3.63) is 87.8 Å². The van der Waals surface area contributed by atoms with Crippen LogP contribution in [0, 0.1) is 18.8 Å². The van der Waals surface area contributed by atoms with E-state index >= 15 is 0 Å². The van der Waals surface area contributed by atoms with Crippen LogP contribution in [0.4, 0.5) is 5.82 Å². The predicted molar refractivity (Wildman–Crippen MR) is 147 cm³/mol. The molecule has 6 rings (SSSR count). The number of nitrogens with two attached hydrogens (primary N) is 1. The molecular weight excluding hydrogens is 500 g/mol. The van der Waals surface area contributed by atoms with Crippen molar-refractivity contribution >= 4 is 45.1 Å². The van der Waals surface area contributed by atoms with Crippen molar-refractivity contribution in [3.63, 3.8) is 0 Å². The average molecular weight is 523 g/mol. The number of pyridine rings is 2. The van der Waals surface area contributed by atoms with Gasteiger partial charge in [-0.3, -0.25) is 14.5 Å². The summed E-state index contributed by atoms with van der Waals surface area (Å²) >= 11 is 6.58. The number of carbonyl (C=O) groups is 1. The van der Waals surface area contributed by atoms with Crippen LogP contribution < -0.4 is 10.5 Å². The van der Waals surface area contributed by atoms with E-state index in [2.05, 4.69) is 26.9 Å². The van der Waals surface area contributed by atoms with E-state index in [4.69, 9.17) is 22.1 Å². The number of anilines is 1. The van der Waals surface area contributed by atoms with Crippen molar-refractivity contribution in [2.75, 3.05) is 19.4 Å². The largest absolute Gasteiger partial charge is 0.491 e. The summed E-state index contributed by atoms with van der Waals surface area (Å²) in [7, 11) is 3.58. The number of carbonyl (C=O) groups excluding carboxylic acids is 1. The lowest BCUT2D eigenvalue weighted by Crippen LogP contribution is -2.32. The number of hydrogen-bond donors (Lipinski definition) is 1. The van der Waals surface area contributed by atoms with E-state index in [1.165, 1.54) is 0 Å². The number of ether oxygens (including phenoxy) is 1. The third kappa shape index (κ3) is 3.88. The summed E-state index contributed by atoms with van der Waals surface area (Å²) in [6.07, 6.45) is 3.42. The molecule has 4 heterocycles. The van der Waals surface area contributed by atoms with E-state index in [1.54, 1.807) is 41.2 Å². The van der Waals surface area contributed by atoms with Gasteiger partial charge in [-0.05, 0) is 43.3 Å². The van der Waals surface area contributed by atoms with E-state index in [1.807, 2.05) is 44.3 Å². The van der Waals surface area contributed by atoms with Crippen LogP contribution in [0.5, 0.6) is 5.75 Å². The lowest BCUT2D eigenvalue weighted by Gasteiger charge is -2.24. The van der Waals surface area contributed by atoms with Crippen molar-refractivity contribution in [1.29, 1.82) is 0 Å². The molecule has 188 valence electrons. The first-order valence-corrected chi connectivity index (χ1v) is 12.4. The van der Waals surface area contributed by atoms with Gasteiger partial charge in [0.05, 0.1) is 44.9 Å². The van der Waals surface area contributed by atoms with E-state index in [-0.39, 0.29) is 11.9 Å². The van der Waals surface area contributed by atoms with E-state index in [0.29, 0.717) is 34.3 Å². The van der Waals surface area contributed by atoms with Crippen LogP contribution in [-0.4, -0.2) is 44.2 Å². The fraction of sp³-hybridized carbons (Fsp3) is 0.172. The highest BCUT2D eigenvalue weighted by Crippen LogP contribution is 2.38. The molecule has 8 nitrogen and oxygen atoms in total. The first-order valence-electron chi connectivity index (χ1n) is 12.0. The molecule has 0 aliphatic carbocycles. The molecule has 0 saturated heterocycles. The van der Waals surface area contributed by atoms with Crippen LogP contribution >= 0.6 is 11.6 Å². The van der Waals surface area contributed by atoms with Crippen LogP contribution in [0.2, 0.25) is 5.02 Å². The summed E-state index contributed by atoms with van der Waals surface area (Å²) < 4.78 is 7.69. The maximum Gasteiger partial charge on any atom is 0.255 e. The summed E-state index contributed by atoms with van der Waals surface area (Å²) in [6.45, 7) is 2.27. The number of fused-ring (bicyclic) bond motifs is 4. The Balaban J connectivity index is 1.31. The third-order valence-corrected chi connectivity index (χ3v) is 7.24. The van der Waals surface area contributed by atoms with Gasteiger partial charge >= 0.3 is 0 Å². The Bertz CT molecular complexity index is 1830. The Morgan fingerprint density at radius 1 is 1.21 bits per heavy atom. The van der Waals surface area contributed by atoms with Gasteiger partial charge in [-0.25, -0.2) is 4.98 Å². The number of rotatable bonds is 2. The molecule has 0 saturated carbocycles. The molecule has 0 spiro atoms. The van der Waals surface area contributed by atoms with Gasteiger partial charge in [0.25, 0.3) is 5.91 Å². The molecular formula is C29H23ClN6O2. The van der Waals surface area contributed by atoms with Crippen molar-refractivity contribution < 1.29 is 9.53 Å². The average Bonchev–Trinajstić information content (AvgIpc) is 3.51. The van der Waals surface area contributed by atoms with Gasteiger partial charge in [0.15, 0.2) is 0 Å². The molecule has 1 aliphatic heterocycles. The van der Waals surface area contributed by atoms with Gasteiger partial charge in [-0.1, -0.05) is 29.5 Å². The summed E-state index contributed by atoms with van der Waals surface area (Å²) in [4.78, 5) is 24.1. The van der Waals surface area contributed by atoms with Crippen molar-refractivity contribution in [3.8, 4) is 17.6 Å². The zero-order valence-corrected chi connectivity index (χ0v) is 21.7. The maximum atomic E-state index is 13.7. The first-order chi connectivity index (χ1) is 18.3. The number of nitrogens with zero attached hydrogens (tertiary/aromatic N) is 5. The van der Waals surface area contributed by atoms with Gasteiger partial charge in [0.2, 0.25) is 0 Å². The normalized spacial score (nSPS) is 14.2. The highest BCUT2D eigenvalue weighted by Gasteiger charge is 2.32. The van der Waals surface area contributed by atoms with E-state index in [9.17, 15) is 4.79 Å². The first kappa shape index (κ1) is 23.8. The summed E-state index contributed by atoms with van der Waals surface area (Å²) in [5, 5.41) is 6.09. The third-order valence-electron chi connectivity index (χ3n) is 6.93. The van der Waals surface area contributed by atoms with Crippen LogP contribution in [0.15, 0.2) is 54.9 Å². The number of aryl methyl sites for hydroxylation is 2. The minimum atomic E-state index is -0.270. The lowest BCUT2D eigenvalue weighted by molar-refractivity contribution is 0.0709. The smallest absolute Gasteiger partial charge is 0.255 e. The van der Waals surface area contributed by atoms with E-state index in [0.717, 1.165) is 38.7 Å².